The van der Waals surface area contributed by atoms with Crippen LogP contribution in [0.25, 0.3) is 5.65 Å². The molecular weight excluding hydrogens is 362 g/mol. The van der Waals surface area contributed by atoms with Crippen molar-refractivity contribution < 1.29 is 4.79 Å². The van der Waals surface area contributed by atoms with E-state index in [-0.39, 0.29) is 12.1 Å². The van der Waals surface area contributed by atoms with E-state index in [0.717, 1.165) is 49.5 Å². The fraction of sp³-hybridized carbons (Fsp3) is 0.391. The zero-order valence-corrected chi connectivity index (χ0v) is 17.2. The second-order valence-corrected chi connectivity index (χ2v) is 7.91. The Hall–Kier alpha value is -2.86. The highest BCUT2D eigenvalue weighted by Crippen LogP contribution is 2.15. The molecule has 0 aliphatic carbocycles. The minimum absolute atomic E-state index is 0.0268. The van der Waals surface area contributed by atoms with E-state index in [4.69, 9.17) is 0 Å². The molecule has 6 heteroatoms. The zero-order valence-electron chi connectivity index (χ0n) is 17.2. The smallest absolute Gasteiger partial charge is 0.317 e. The van der Waals surface area contributed by atoms with E-state index in [0.29, 0.717) is 6.54 Å². The third kappa shape index (κ3) is 4.59. The number of piperazine rings is 1. The van der Waals surface area contributed by atoms with Crippen molar-refractivity contribution >= 4 is 11.7 Å². The molecular formula is C23H29N5O. The van der Waals surface area contributed by atoms with Crippen molar-refractivity contribution in [1.82, 2.24) is 24.5 Å². The van der Waals surface area contributed by atoms with E-state index in [1.807, 2.05) is 23.1 Å². The largest absolute Gasteiger partial charge is 0.338 e. The Morgan fingerprint density at radius 3 is 2.76 bits per heavy atom. The summed E-state index contributed by atoms with van der Waals surface area (Å²) in [5, 5.41) is 3.11. The summed E-state index contributed by atoms with van der Waals surface area (Å²) in [5.74, 6) is 0. The van der Waals surface area contributed by atoms with E-state index in [2.05, 4.69) is 70.1 Å². The lowest BCUT2D eigenvalue weighted by Crippen LogP contribution is -2.57. The first-order chi connectivity index (χ1) is 14.1. The molecule has 1 unspecified atom stereocenters. The Morgan fingerprint density at radius 2 is 1.97 bits per heavy atom. The van der Waals surface area contributed by atoms with E-state index in [1.165, 1.54) is 5.56 Å². The standard InChI is InChI=1S/C23H29N5O/c1-18-7-6-10-22-25-20(16-28(18)22)11-12-24-23(29)27-14-13-26(2)17-21(27)15-19-8-4-3-5-9-19/h3-10,16,21H,11-15,17H2,1-2H3,(H,24,29). The zero-order chi connectivity index (χ0) is 20.2. The van der Waals surface area contributed by atoms with Crippen LogP contribution in [0.15, 0.2) is 54.7 Å². The maximum absolute atomic E-state index is 12.9. The van der Waals surface area contributed by atoms with E-state index >= 15 is 0 Å². The number of amides is 2. The monoisotopic (exact) mass is 391 g/mol. The van der Waals surface area contributed by atoms with Gasteiger partial charge < -0.3 is 19.5 Å². The number of urea groups is 1. The number of aryl methyl sites for hydroxylation is 1. The van der Waals surface area contributed by atoms with Crippen molar-refractivity contribution in [3.63, 3.8) is 0 Å². The minimum Gasteiger partial charge on any atom is -0.338 e. The Kier molecular flexibility index (Phi) is 5.81. The van der Waals surface area contributed by atoms with Gasteiger partial charge in [-0.15, -0.1) is 0 Å². The van der Waals surface area contributed by atoms with Crippen molar-refractivity contribution in [2.75, 3.05) is 33.2 Å². The molecule has 1 N–H and O–H groups in total. The normalized spacial score (nSPS) is 17.6. The molecule has 152 valence electrons. The molecule has 3 aromatic rings. The molecule has 2 aromatic heterocycles. The van der Waals surface area contributed by atoms with Crippen LogP contribution >= 0.6 is 0 Å². The highest BCUT2D eigenvalue weighted by atomic mass is 16.2. The summed E-state index contributed by atoms with van der Waals surface area (Å²) in [6.07, 6.45) is 3.67. The van der Waals surface area contributed by atoms with Gasteiger partial charge in [-0.2, -0.15) is 0 Å². The molecule has 1 aliphatic heterocycles. The van der Waals surface area contributed by atoms with Gasteiger partial charge in [0.05, 0.1) is 11.7 Å². The van der Waals surface area contributed by atoms with Gasteiger partial charge in [-0.05, 0) is 38.1 Å². The number of carbonyl (C=O) groups excluding carboxylic acids is 1. The molecule has 1 saturated heterocycles. The number of hydrogen-bond donors (Lipinski definition) is 1. The molecule has 6 nitrogen and oxygen atoms in total. The number of nitrogens with one attached hydrogen (secondary N) is 1. The van der Waals surface area contributed by atoms with Crippen LogP contribution in [0.2, 0.25) is 0 Å². The maximum atomic E-state index is 12.9. The molecule has 1 aromatic carbocycles. The van der Waals surface area contributed by atoms with Gasteiger partial charge in [-0.3, -0.25) is 0 Å². The van der Waals surface area contributed by atoms with Crippen molar-refractivity contribution in [1.29, 1.82) is 0 Å². The van der Waals surface area contributed by atoms with Gasteiger partial charge in [0, 0.05) is 44.5 Å². The number of carbonyl (C=O) groups is 1. The quantitative estimate of drug-likeness (QED) is 0.728. The average molecular weight is 392 g/mol. The molecule has 1 aliphatic rings. The number of imidazole rings is 1. The number of rotatable bonds is 5. The molecule has 1 fully saturated rings. The Bertz CT molecular complexity index is 968. The van der Waals surface area contributed by atoms with Gasteiger partial charge >= 0.3 is 6.03 Å². The van der Waals surface area contributed by atoms with Gasteiger partial charge in [-0.1, -0.05) is 36.4 Å². The van der Waals surface area contributed by atoms with Crippen LogP contribution in [0.4, 0.5) is 4.79 Å². The van der Waals surface area contributed by atoms with E-state index in [1.54, 1.807) is 0 Å². The summed E-state index contributed by atoms with van der Waals surface area (Å²) >= 11 is 0. The number of hydrogen-bond acceptors (Lipinski definition) is 3. The lowest BCUT2D eigenvalue weighted by atomic mass is 10.0. The summed E-state index contributed by atoms with van der Waals surface area (Å²) in [4.78, 5) is 21.9. The predicted octanol–water partition coefficient (Wildman–Crippen LogP) is 2.75. The Labute approximate surface area is 172 Å². The van der Waals surface area contributed by atoms with Gasteiger partial charge in [0.15, 0.2) is 0 Å². The van der Waals surface area contributed by atoms with Crippen LogP contribution in [-0.4, -0.2) is 64.5 Å². The van der Waals surface area contributed by atoms with Crippen LogP contribution < -0.4 is 5.32 Å². The van der Waals surface area contributed by atoms with Crippen molar-refractivity contribution in [2.45, 2.75) is 25.8 Å². The molecule has 4 rings (SSSR count). The molecule has 0 radical (unpaired) electrons. The van der Waals surface area contributed by atoms with Crippen LogP contribution in [-0.2, 0) is 12.8 Å². The Balaban J connectivity index is 1.36. The van der Waals surface area contributed by atoms with Gasteiger partial charge in [0.1, 0.15) is 5.65 Å². The molecule has 3 heterocycles. The first-order valence-electron chi connectivity index (χ1n) is 10.3. The molecule has 0 spiro atoms. The van der Waals surface area contributed by atoms with Gasteiger partial charge in [0.2, 0.25) is 0 Å². The molecule has 0 saturated carbocycles. The number of nitrogens with zero attached hydrogens (tertiary/aromatic N) is 4. The van der Waals surface area contributed by atoms with Crippen LogP contribution in [0.1, 0.15) is 17.0 Å². The van der Waals surface area contributed by atoms with Crippen molar-refractivity contribution in [2.24, 2.45) is 0 Å². The Morgan fingerprint density at radius 1 is 1.14 bits per heavy atom. The minimum atomic E-state index is 0.0268. The van der Waals surface area contributed by atoms with E-state index < -0.39 is 0 Å². The van der Waals surface area contributed by atoms with Crippen LogP contribution in [0.3, 0.4) is 0 Å². The molecule has 0 bridgehead atoms. The fourth-order valence-corrected chi connectivity index (χ4v) is 4.06. The van der Waals surface area contributed by atoms with Crippen molar-refractivity contribution in [3.05, 3.63) is 71.7 Å². The summed E-state index contributed by atoms with van der Waals surface area (Å²) < 4.78 is 2.09. The number of fused-ring (bicyclic) bond motifs is 1. The number of aromatic nitrogens is 2. The number of benzene rings is 1. The maximum Gasteiger partial charge on any atom is 0.317 e. The first-order valence-corrected chi connectivity index (χ1v) is 10.3. The lowest BCUT2D eigenvalue weighted by molar-refractivity contribution is 0.109. The lowest BCUT2D eigenvalue weighted by Gasteiger charge is -2.40. The topological polar surface area (TPSA) is 52.9 Å². The molecule has 29 heavy (non-hydrogen) atoms. The van der Waals surface area contributed by atoms with Gasteiger partial charge in [-0.25, -0.2) is 9.78 Å². The highest BCUT2D eigenvalue weighted by molar-refractivity contribution is 5.74. The summed E-state index contributed by atoms with van der Waals surface area (Å²) in [5.41, 5.74) is 4.38. The second kappa shape index (κ2) is 8.66. The van der Waals surface area contributed by atoms with Crippen LogP contribution in [0.5, 0.6) is 0 Å². The van der Waals surface area contributed by atoms with Crippen LogP contribution in [0, 0.1) is 6.92 Å². The SMILES string of the molecule is Cc1cccc2nc(CCNC(=O)N3CCN(C)CC3Cc3ccccc3)cn12. The summed E-state index contributed by atoms with van der Waals surface area (Å²) in [6, 6.07) is 16.7. The van der Waals surface area contributed by atoms with Crippen molar-refractivity contribution in [3.8, 4) is 0 Å². The third-order valence-corrected chi connectivity index (χ3v) is 5.66. The third-order valence-electron chi connectivity index (χ3n) is 5.66. The summed E-state index contributed by atoms with van der Waals surface area (Å²) in [7, 11) is 2.12. The molecule has 2 amide bonds. The van der Waals surface area contributed by atoms with Gasteiger partial charge in [0.25, 0.3) is 0 Å². The number of pyridine rings is 1. The predicted molar refractivity (Wildman–Crippen MR) is 115 cm³/mol. The first kappa shape index (κ1) is 19.5. The average Bonchev–Trinajstić information content (AvgIpc) is 3.13. The highest BCUT2D eigenvalue weighted by Gasteiger charge is 2.29. The fourth-order valence-electron chi connectivity index (χ4n) is 4.06. The molecule has 1 atom stereocenters. The van der Waals surface area contributed by atoms with E-state index in [9.17, 15) is 4.79 Å². The summed E-state index contributed by atoms with van der Waals surface area (Å²) in [6.45, 7) is 5.22. The number of likely N-dealkylation sites (N-methyl/N-ethyl adjacent to an activating group) is 1. The second-order valence-electron chi connectivity index (χ2n) is 7.91.